The van der Waals surface area contributed by atoms with E-state index < -0.39 is 0 Å². The van der Waals surface area contributed by atoms with E-state index in [1.807, 2.05) is 19.3 Å². The van der Waals surface area contributed by atoms with Gasteiger partial charge in [-0.2, -0.15) is 0 Å². The van der Waals surface area contributed by atoms with Crippen molar-refractivity contribution in [1.82, 2.24) is 14.8 Å². The molecular formula is C20H32N4O. The van der Waals surface area contributed by atoms with Gasteiger partial charge in [-0.15, -0.1) is 0 Å². The van der Waals surface area contributed by atoms with E-state index in [0.717, 1.165) is 38.4 Å². The third-order valence-corrected chi connectivity index (χ3v) is 5.87. The maximum atomic E-state index is 11.7. The predicted molar refractivity (Wildman–Crippen MR) is 103 cm³/mol. The first-order valence-electron chi connectivity index (χ1n) is 9.84. The van der Waals surface area contributed by atoms with Crippen LogP contribution in [-0.2, 0) is 6.54 Å². The van der Waals surface area contributed by atoms with Gasteiger partial charge in [-0.3, -0.25) is 9.79 Å². The molecule has 0 aromatic carbocycles. The SMILES string of the molecule is CN=C(NCCCCn1ccccc1=O)N1CCC2(CCCCC2)C1. The Kier molecular flexibility index (Phi) is 6.16. The van der Waals surface area contributed by atoms with Crippen LogP contribution in [0.2, 0.25) is 0 Å². The van der Waals surface area contributed by atoms with E-state index in [1.54, 1.807) is 16.7 Å². The highest BCUT2D eigenvalue weighted by molar-refractivity contribution is 5.80. The Morgan fingerprint density at radius 1 is 1.20 bits per heavy atom. The molecule has 1 aliphatic heterocycles. The Bertz CT molecular complexity index is 631. The fourth-order valence-electron chi connectivity index (χ4n) is 4.41. The van der Waals surface area contributed by atoms with Crippen molar-refractivity contribution in [2.75, 3.05) is 26.7 Å². The molecule has 1 spiro atoms. The number of hydrogen-bond donors (Lipinski definition) is 1. The number of rotatable bonds is 5. The average Bonchev–Trinajstić information content (AvgIpc) is 3.03. The summed E-state index contributed by atoms with van der Waals surface area (Å²) in [5, 5.41) is 3.52. The minimum absolute atomic E-state index is 0.0844. The van der Waals surface area contributed by atoms with Crippen LogP contribution in [0.4, 0.5) is 0 Å². The topological polar surface area (TPSA) is 49.6 Å². The number of likely N-dealkylation sites (tertiary alicyclic amines) is 1. The van der Waals surface area contributed by atoms with Crippen LogP contribution in [-0.4, -0.2) is 42.1 Å². The van der Waals surface area contributed by atoms with E-state index in [2.05, 4.69) is 15.2 Å². The number of guanidine groups is 1. The first kappa shape index (κ1) is 18.0. The molecule has 3 rings (SSSR count). The molecule has 1 aliphatic carbocycles. The largest absolute Gasteiger partial charge is 0.356 e. The molecule has 0 amide bonds. The Labute approximate surface area is 151 Å². The second-order valence-corrected chi connectivity index (χ2v) is 7.65. The third kappa shape index (κ3) is 4.65. The lowest BCUT2D eigenvalue weighted by molar-refractivity contribution is 0.203. The molecule has 5 nitrogen and oxygen atoms in total. The molecule has 5 heteroatoms. The smallest absolute Gasteiger partial charge is 0.250 e. The van der Waals surface area contributed by atoms with Gasteiger partial charge in [0.1, 0.15) is 0 Å². The first-order valence-corrected chi connectivity index (χ1v) is 9.84. The number of aliphatic imine (C=N–C) groups is 1. The normalized spacial score (nSPS) is 20.2. The number of pyridine rings is 1. The van der Waals surface area contributed by atoms with Crippen molar-refractivity contribution in [3.63, 3.8) is 0 Å². The van der Waals surface area contributed by atoms with Crippen LogP contribution in [0.3, 0.4) is 0 Å². The standard InChI is InChI=1S/C20H32N4O/c1-21-19(24-16-12-20(17-24)10-4-2-5-11-20)22-13-6-8-15-23-14-7-3-9-18(23)25/h3,7,9,14H,2,4-6,8,10-13,15-17H2,1H3,(H,21,22). The van der Waals surface area contributed by atoms with Gasteiger partial charge >= 0.3 is 0 Å². The van der Waals surface area contributed by atoms with Gasteiger partial charge in [0.15, 0.2) is 5.96 Å². The van der Waals surface area contributed by atoms with Crippen molar-refractivity contribution in [2.45, 2.75) is 57.9 Å². The van der Waals surface area contributed by atoms with Crippen LogP contribution in [0.1, 0.15) is 51.4 Å². The predicted octanol–water partition coefficient (Wildman–Crippen LogP) is 2.86. The lowest BCUT2D eigenvalue weighted by Gasteiger charge is -2.33. The van der Waals surface area contributed by atoms with Crippen molar-refractivity contribution in [2.24, 2.45) is 10.4 Å². The average molecular weight is 345 g/mol. The zero-order valence-electron chi connectivity index (χ0n) is 15.5. The van der Waals surface area contributed by atoms with Crippen molar-refractivity contribution in [3.05, 3.63) is 34.7 Å². The van der Waals surface area contributed by atoms with Gasteiger partial charge in [-0.05, 0) is 43.6 Å². The Morgan fingerprint density at radius 2 is 2.04 bits per heavy atom. The third-order valence-electron chi connectivity index (χ3n) is 5.87. The first-order chi connectivity index (χ1) is 12.2. The second-order valence-electron chi connectivity index (χ2n) is 7.65. The molecule has 2 fully saturated rings. The molecule has 1 aromatic heterocycles. The van der Waals surface area contributed by atoms with Crippen LogP contribution in [0.25, 0.3) is 0 Å². The summed E-state index contributed by atoms with van der Waals surface area (Å²) in [7, 11) is 1.89. The van der Waals surface area contributed by atoms with Gasteiger partial charge < -0.3 is 14.8 Å². The molecule has 1 aromatic rings. The summed E-state index contributed by atoms with van der Waals surface area (Å²) in [4.78, 5) is 18.6. The molecule has 138 valence electrons. The quantitative estimate of drug-likeness (QED) is 0.508. The van der Waals surface area contributed by atoms with Crippen molar-refractivity contribution < 1.29 is 0 Å². The summed E-state index contributed by atoms with van der Waals surface area (Å²) in [5.41, 5.74) is 0.644. The van der Waals surface area contributed by atoms with Crippen LogP contribution in [0, 0.1) is 5.41 Å². The molecule has 1 N–H and O–H groups in total. The van der Waals surface area contributed by atoms with Crippen LogP contribution >= 0.6 is 0 Å². The Morgan fingerprint density at radius 3 is 2.80 bits per heavy atom. The zero-order valence-corrected chi connectivity index (χ0v) is 15.5. The van der Waals surface area contributed by atoms with E-state index in [9.17, 15) is 4.79 Å². The van der Waals surface area contributed by atoms with E-state index >= 15 is 0 Å². The summed E-state index contributed by atoms with van der Waals surface area (Å²) in [6, 6.07) is 5.32. The maximum Gasteiger partial charge on any atom is 0.250 e. The monoisotopic (exact) mass is 344 g/mol. The number of hydrogen-bond acceptors (Lipinski definition) is 2. The summed E-state index contributed by atoms with van der Waals surface area (Å²) in [6.07, 6.45) is 12.2. The summed E-state index contributed by atoms with van der Waals surface area (Å²) >= 11 is 0. The van der Waals surface area contributed by atoms with Gasteiger partial charge in [0.2, 0.25) is 5.56 Å². The Hall–Kier alpha value is -1.78. The van der Waals surface area contributed by atoms with E-state index in [0.29, 0.717) is 5.41 Å². The molecule has 2 aliphatic rings. The van der Waals surface area contributed by atoms with Crippen LogP contribution in [0.5, 0.6) is 0 Å². The molecular weight excluding hydrogens is 312 g/mol. The number of aromatic nitrogens is 1. The van der Waals surface area contributed by atoms with Crippen LogP contribution < -0.4 is 10.9 Å². The van der Waals surface area contributed by atoms with Gasteiger partial charge in [-0.25, -0.2) is 0 Å². The second kappa shape index (κ2) is 8.54. The Balaban J connectivity index is 1.40. The molecule has 1 saturated heterocycles. The van der Waals surface area contributed by atoms with Gasteiger partial charge in [-0.1, -0.05) is 25.3 Å². The molecule has 0 radical (unpaired) electrons. The highest BCUT2D eigenvalue weighted by Crippen LogP contribution is 2.43. The van der Waals surface area contributed by atoms with Crippen LogP contribution in [0.15, 0.2) is 34.2 Å². The van der Waals surface area contributed by atoms with E-state index in [-0.39, 0.29) is 5.56 Å². The van der Waals surface area contributed by atoms with Crippen molar-refractivity contribution in [1.29, 1.82) is 0 Å². The maximum absolute atomic E-state index is 11.7. The van der Waals surface area contributed by atoms with Crippen molar-refractivity contribution >= 4 is 5.96 Å². The highest BCUT2D eigenvalue weighted by Gasteiger charge is 2.39. The molecule has 1 saturated carbocycles. The number of nitrogens with zero attached hydrogens (tertiary/aromatic N) is 3. The fraction of sp³-hybridized carbons (Fsp3) is 0.700. The summed E-state index contributed by atoms with van der Waals surface area (Å²) in [6.45, 7) is 4.01. The minimum atomic E-state index is 0.0844. The van der Waals surface area contributed by atoms with E-state index in [1.165, 1.54) is 45.1 Å². The molecule has 0 atom stereocenters. The fourth-order valence-corrected chi connectivity index (χ4v) is 4.41. The zero-order chi connectivity index (χ0) is 17.5. The molecule has 0 unspecified atom stereocenters. The minimum Gasteiger partial charge on any atom is -0.356 e. The lowest BCUT2D eigenvalue weighted by atomic mass is 9.73. The van der Waals surface area contributed by atoms with Gasteiger partial charge in [0.25, 0.3) is 0 Å². The van der Waals surface area contributed by atoms with Crippen molar-refractivity contribution in [3.8, 4) is 0 Å². The molecule has 0 bridgehead atoms. The molecule has 25 heavy (non-hydrogen) atoms. The number of unbranched alkanes of at least 4 members (excludes halogenated alkanes) is 1. The van der Waals surface area contributed by atoms with Gasteiger partial charge in [0, 0.05) is 45.5 Å². The highest BCUT2D eigenvalue weighted by atomic mass is 16.1. The van der Waals surface area contributed by atoms with Gasteiger partial charge in [0.05, 0.1) is 0 Å². The summed E-state index contributed by atoms with van der Waals surface area (Å²) in [5.74, 6) is 1.05. The molecule has 2 heterocycles. The van der Waals surface area contributed by atoms with E-state index in [4.69, 9.17) is 0 Å². The summed E-state index contributed by atoms with van der Waals surface area (Å²) < 4.78 is 1.78. The lowest BCUT2D eigenvalue weighted by Crippen LogP contribution is -2.42. The number of aryl methyl sites for hydroxylation is 1. The number of nitrogens with one attached hydrogen (secondary N) is 1.